The third-order valence-electron chi connectivity index (χ3n) is 4.42. The van der Waals surface area contributed by atoms with E-state index in [1.54, 1.807) is 0 Å². The van der Waals surface area contributed by atoms with E-state index in [1.807, 2.05) is 27.7 Å². The number of hydrogen-bond donors (Lipinski definition) is 0. The van der Waals surface area contributed by atoms with Gasteiger partial charge in [-0.1, -0.05) is 84.4 Å². The van der Waals surface area contributed by atoms with Gasteiger partial charge in [0.1, 0.15) is 0 Å². The van der Waals surface area contributed by atoms with Gasteiger partial charge in [-0.15, -0.1) is 0 Å². The van der Waals surface area contributed by atoms with E-state index in [4.69, 9.17) is 0 Å². The van der Waals surface area contributed by atoms with Crippen LogP contribution >= 0.6 is 0 Å². The summed E-state index contributed by atoms with van der Waals surface area (Å²) in [5.41, 5.74) is 2.84. The molecule has 1 aliphatic heterocycles. The fourth-order valence-electron chi connectivity index (χ4n) is 2.91. The summed E-state index contributed by atoms with van der Waals surface area (Å²) in [5, 5.41) is 0. The van der Waals surface area contributed by atoms with Gasteiger partial charge in [0, 0.05) is 0 Å². The summed E-state index contributed by atoms with van der Waals surface area (Å²) in [6.45, 7) is 16.5. The number of benzene rings is 1. The zero-order valence-corrected chi connectivity index (χ0v) is 16.4. The molecule has 1 fully saturated rings. The van der Waals surface area contributed by atoms with Crippen LogP contribution in [0, 0.1) is 5.92 Å². The van der Waals surface area contributed by atoms with Crippen LogP contribution in [0.5, 0.6) is 0 Å². The lowest BCUT2D eigenvalue weighted by Crippen LogP contribution is -2.33. The topological polar surface area (TPSA) is 3.24 Å². The lowest BCUT2D eigenvalue weighted by atomic mass is 9.95. The van der Waals surface area contributed by atoms with Crippen LogP contribution in [0.15, 0.2) is 30.3 Å². The summed E-state index contributed by atoms with van der Waals surface area (Å²) in [6.07, 6.45) is 9.75. The molecular formula is C22H39N. The van der Waals surface area contributed by atoms with Crippen LogP contribution in [-0.4, -0.2) is 24.5 Å². The molecular weight excluding hydrogens is 278 g/mol. The van der Waals surface area contributed by atoms with Crippen LogP contribution in [0.2, 0.25) is 0 Å². The fourth-order valence-corrected chi connectivity index (χ4v) is 2.91. The summed E-state index contributed by atoms with van der Waals surface area (Å²) >= 11 is 0. The molecule has 0 N–H and O–H groups in total. The number of hydrogen-bond acceptors (Lipinski definition) is 1. The van der Waals surface area contributed by atoms with Crippen LogP contribution < -0.4 is 0 Å². The predicted octanol–water partition coefficient (Wildman–Crippen LogP) is 6.44. The van der Waals surface area contributed by atoms with Gasteiger partial charge >= 0.3 is 0 Å². The lowest BCUT2D eigenvalue weighted by molar-refractivity contribution is 0.190. The van der Waals surface area contributed by atoms with Crippen LogP contribution in [0.4, 0.5) is 0 Å². The van der Waals surface area contributed by atoms with Crippen molar-refractivity contribution in [3.63, 3.8) is 0 Å². The first kappa shape index (κ1) is 21.9. The molecule has 0 radical (unpaired) electrons. The minimum atomic E-state index is 1.03. The molecule has 2 aliphatic rings. The maximum atomic E-state index is 2.55. The summed E-state index contributed by atoms with van der Waals surface area (Å²) in [6, 6.07) is 8.49. The number of likely N-dealkylation sites (tertiary alicyclic amines) is 1. The van der Waals surface area contributed by atoms with Gasteiger partial charge in [-0.25, -0.2) is 0 Å². The average Bonchev–Trinajstić information content (AvgIpc) is 3.14. The maximum Gasteiger partial charge on any atom is -0.00162 e. The third kappa shape index (κ3) is 8.37. The fraction of sp³-hybridized carbons (Fsp3) is 0.636. The van der Waals surface area contributed by atoms with Gasteiger partial charge in [-0.3, -0.25) is 0 Å². The smallest absolute Gasteiger partial charge is 0.00162 e. The van der Waals surface area contributed by atoms with E-state index in [9.17, 15) is 0 Å². The van der Waals surface area contributed by atoms with Gasteiger partial charge in [-0.2, -0.15) is 0 Å². The van der Waals surface area contributed by atoms with E-state index in [2.05, 4.69) is 55.2 Å². The minimum absolute atomic E-state index is 1.03. The first-order valence-corrected chi connectivity index (χ1v) is 9.80. The monoisotopic (exact) mass is 317 g/mol. The van der Waals surface area contributed by atoms with Gasteiger partial charge in [0.25, 0.3) is 0 Å². The number of allylic oxidation sites excluding steroid dienone is 1. The number of piperidine rings is 1. The highest BCUT2D eigenvalue weighted by Crippen LogP contribution is 2.19. The van der Waals surface area contributed by atoms with Gasteiger partial charge in [0.15, 0.2) is 0 Å². The molecule has 0 atom stereocenters. The Morgan fingerprint density at radius 1 is 0.957 bits per heavy atom. The Morgan fingerprint density at radius 3 is 2.09 bits per heavy atom. The summed E-state index contributed by atoms with van der Waals surface area (Å²) in [4.78, 5) is 2.55. The summed E-state index contributed by atoms with van der Waals surface area (Å²) in [5.74, 6) is 1.03. The van der Waals surface area contributed by atoms with E-state index in [-0.39, 0.29) is 0 Å². The molecule has 0 unspecified atom stereocenters. The Balaban J connectivity index is 0.000000347. The van der Waals surface area contributed by atoms with Gasteiger partial charge in [0.05, 0.1) is 0 Å². The first-order chi connectivity index (χ1) is 11.3. The average molecular weight is 318 g/mol. The van der Waals surface area contributed by atoms with E-state index in [0.717, 1.165) is 12.3 Å². The number of rotatable bonds is 2. The van der Waals surface area contributed by atoms with Gasteiger partial charge in [0.2, 0.25) is 0 Å². The second-order valence-electron chi connectivity index (χ2n) is 5.59. The van der Waals surface area contributed by atoms with Crippen molar-refractivity contribution < 1.29 is 0 Å². The minimum Gasteiger partial charge on any atom is -0.304 e. The summed E-state index contributed by atoms with van der Waals surface area (Å²) in [7, 11) is 0. The number of fused-ring (bicyclic) bond motifs is 1. The first-order valence-electron chi connectivity index (χ1n) is 9.80. The molecule has 0 bridgehead atoms. The molecule has 0 amide bonds. The second-order valence-corrected chi connectivity index (χ2v) is 5.59. The molecule has 0 aromatic heterocycles. The molecule has 1 aliphatic carbocycles. The van der Waals surface area contributed by atoms with Crippen molar-refractivity contribution >= 4 is 6.08 Å². The highest BCUT2D eigenvalue weighted by molar-refractivity contribution is 5.59. The van der Waals surface area contributed by atoms with E-state index in [1.165, 1.54) is 50.0 Å². The van der Waals surface area contributed by atoms with Crippen molar-refractivity contribution in [1.82, 2.24) is 4.90 Å². The summed E-state index contributed by atoms with van der Waals surface area (Å²) < 4.78 is 0. The van der Waals surface area contributed by atoms with E-state index >= 15 is 0 Å². The van der Waals surface area contributed by atoms with Crippen molar-refractivity contribution in [2.45, 2.75) is 67.2 Å². The molecule has 1 heteroatoms. The zero-order chi connectivity index (χ0) is 17.5. The van der Waals surface area contributed by atoms with Crippen molar-refractivity contribution in [1.29, 1.82) is 0 Å². The van der Waals surface area contributed by atoms with Crippen molar-refractivity contribution in [3.05, 3.63) is 41.5 Å². The van der Waals surface area contributed by atoms with Gasteiger partial charge < -0.3 is 4.90 Å². The SMILES string of the molecule is C1=Cc2ccccc2C1.CC.CC.CCC1CCN(CC)CC1. The third-order valence-corrected chi connectivity index (χ3v) is 4.42. The molecule has 3 rings (SSSR count). The quantitative estimate of drug-likeness (QED) is 0.607. The molecule has 132 valence electrons. The molecule has 1 aromatic carbocycles. The largest absolute Gasteiger partial charge is 0.304 e. The van der Waals surface area contributed by atoms with Crippen LogP contribution in [-0.2, 0) is 6.42 Å². The Bertz CT molecular complexity index is 388. The van der Waals surface area contributed by atoms with Crippen LogP contribution in [0.3, 0.4) is 0 Å². The maximum absolute atomic E-state index is 2.55. The second kappa shape index (κ2) is 14.5. The normalized spacial score (nSPS) is 16.1. The van der Waals surface area contributed by atoms with Crippen LogP contribution in [0.1, 0.15) is 71.9 Å². The molecule has 1 aromatic rings. The molecule has 0 saturated carbocycles. The zero-order valence-electron chi connectivity index (χ0n) is 16.4. The van der Waals surface area contributed by atoms with Gasteiger partial charge in [-0.05, 0) is 55.9 Å². The molecule has 0 spiro atoms. The standard InChI is InChI=1S/C9H19N.C9H8.2C2H6/c1-3-9-5-7-10(4-2)8-6-9;1-2-5-9-7-3-6-8(9)4-1;2*1-2/h9H,3-8H2,1-2H3;1-6H,7H2;2*1-2H3. The van der Waals surface area contributed by atoms with Crippen LogP contribution in [0.25, 0.3) is 6.08 Å². The highest BCUT2D eigenvalue weighted by atomic mass is 15.1. The molecule has 23 heavy (non-hydrogen) atoms. The highest BCUT2D eigenvalue weighted by Gasteiger charge is 2.15. The van der Waals surface area contributed by atoms with Crippen molar-refractivity contribution in [2.24, 2.45) is 5.92 Å². The molecule has 1 heterocycles. The Hall–Kier alpha value is -1.08. The molecule has 1 nitrogen and oxygen atoms in total. The van der Waals surface area contributed by atoms with E-state index in [0.29, 0.717) is 0 Å². The van der Waals surface area contributed by atoms with Crippen molar-refractivity contribution in [2.75, 3.05) is 19.6 Å². The Kier molecular flexibility index (Phi) is 13.8. The predicted molar refractivity (Wildman–Crippen MR) is 107 cm³/mol. The Morgan fingerprint density at radius 2 is 1.57 bits per heavy atom. The molecule has 1 saturated heterocycles. The lowest BCUT2D eigenvalue weighted by Gasteiger charge is -2.30. The number of nitrogens with zero attached hydrogens (tertiary/aromatic N) is 1. The Labute approximate surface area is 145 Å². The van der Waals surface area contributed by atoms with Crippen molar-refractivity contribution in [3.8, 4) is 0 Å². The van der Waals surface area contributed by atoms with E-state index < -0.39 is 0 Å².